The van der Waals surface area contributed by atoms with Crippen molar-refractivity contribution in [2.75, 3.05) is 11.6 Å². The Labute approximate surface area is 152 Å². The van der Waals surface area contributed by atoms with Crippen LogP contribution in [0, 0.1) is 32.1 Å². The Kier molecular flexibility index (Phi) is 3.64. The molecule has 2 heteroatoms. The van der Waals surface area contributed by atoms with Crippen LogP contribution in [-0.4, -0.2) is 11.6 Å². The lowest BCUT2D eigenvalue weighted by atomic mass is 10.0. The number of nitrogens with zero attached hydrogens (tertiary/aromatic N) is 2. The molecule has 1 aromatic carbocycles. The van der Waals surface area contributed by atoms with Gasteiger partial charge in [-0.25, -0.2) is 0 Å². The third kappa shape index (κ3) is 2.72. The maximum atomic E-state index is 2.53. The number of anilines is 1. The van der Waals surface area contributed by atoms with Gasteiger partial charge in [-0.2, -0.15) is 0 Å². The molecule has 1 aromatic rings. The minimum atomic E-state index is 0.420. The summed E-state index contributed by atoms with van der Waals surface area (Å²) in [4.78, 5) is 4.87. The van der Waals surface area contributed by atoms with E-state index in [1.54, 1.807) is 5.57 Å². The fourth-order valence-electron chi connectivity index (χ4n) is 5.10. The van der Waals surface area contributed by atoms with Crippen molar-refractivity contribution >= 4 is 5.69 Å². The lowest BCUT2D eigenvalue weighted by Gasteiger charge is -2.27. The van der Waals surface area contributed by atoms with Crippen molar-refractivity contribution in [3.8, 4) is 0 Å². The van der Waals surface area contributed by atoms with E-state index in [1.807, 2.05) is 0 Å². The maximum Gasteiger partial charge on any atom is 0.0986 e. The van der Waals surface area contributed by atoms with Gasteiger partial charge in [-0.3, -0.25) is 0 Å². The predicted octanol–water partition coefficient (Wildman–Crippen LogP) is 5.81. The largest absolute Gasteiger partial charge is 0.331 e. The zero-order chi connectivity index (χ0) is 17.9. The number of benzene rings is 1. The van der Waals surface area contributed by atoms with E-state index in [1.165, 1.54) is 40.1 Å². The van der Waals surface area contributed by atoms with Crippen molar-refractivity contribution in [3.05, 3.63) is 64.1 Å². The van der Waals surface area contributed by atoms with Gasteiger partial charge in [-0.1, -0.05) is 36.3 Å². The fraction of sp³-hybridized carbons (Fsp3) is 0.478. The summed E-state index contributed by atoms with van der Waals surface area (Å²) in [5.41, 5.74) is 10.5. The summed E-state index contributed by atoms with van der Waals surface area (Å²) >= 11 is 0. The van der Waals surface area contributed by atoms with E-state index in [4.69, 9.17) is 0 Å². The quantitative estimate of drug-likeness (QED) is 0.629. The first-order valence-corrected chi connectivity index (χ1v) is 9.46. The van der Waals surface area contributed by atoms with Gasteiger partial charge in [0.1, 0.15) is 0 Å². The molecule has 2 nitrogen and oxygen atoms in total. The molecule has 2 atom stereocenters. The zero-order valence-electron chi connectivity index (χ0n) is 16.5. The van der Waals surface area contributed by atoms with Crippen LogP contribution in [0.5, 0.6) is 0 Å². The normalized spacial score (nSPS) is 28.2. The second kappa shape index (κ2) is 5.52. The second-order valence-electron chi connectivity index (χ2n) is 8.69. The van der Waals surface area contributed by atoms with Crippen molar-refractivity contribution in [1.29, 1.82) is 0 Å². The Morgan fingerprint density at radius 2 is 1.60 bits per heavy atom. The summed E-state index contributed by atoms with van der Waals surface area (Å²) < 4.78 is 0. The fourth-order valence-corrected chi connectivity index (χ4v) is 5.10. The van der Waals surface area contributed by atoms with Gasteiger partial charge in [0.15, 0.2) is 0 Å². The van der Waals surface area contributed by atoms with Crippen molar-refractivity contribution in [1.82, 2.24) is 4.90 Å². The van der Waals surface area contributed by atoms with E-state index < -0.39 is 0 Å². The van der Waals surface area contributed by atoms with Gasteiger partial charge in [-0.15, -0.1) is 0 Å². The van der Waals surface area contributed by atoms with E-state index in [-0.39, 0.29) is 0 Å². The maximum absolute atomic E-state index is 2.53. The molecule has 1 aliphatic heterocycles. The monoisotopic (exact) mass is 334 g/mol. The molecule has 0 saturated heterocycles. The van der Waals surface area contributed by atoms with Crippen LogP contribution >= 0.6 is 0 Å². The summed E-state index contributed by atoms with van der Waals surface area (Å²) in [7, 11) is 0. The topological polar surface area (TPSA) is 6.48 Å². The minimum absolute atomic E-state index is 0.420. The van der Waals surface area contributed by atoms with Gasteiger partial charge in [-0.05, 0) is 69.1 Å². The highest BCUT2D eigenvalue weighted by Gasteiger charge is 2.51. The summed E-state index contributed by atoms with van der Waals surface area (Å²) in [6, 6.07) is 4.58. The average molecular weight is 335 g/mol. The summed E-state index contributed by atoms with van der Waals surface area (Å²) in [5, 5.41) is 0. The molecular weight excluding hydrogens is 304 g/mol. The van der Waals surface area contributed by atoms with Crippen molar-refractivity contribution in [3.63, 3.8) is 0 Å². The molecule has 2 unspecified atom stereocenters. The lowest BCUT2D eigenvalue weighted by Crippen LogP contribution is -2.26. The summed E-state index contributed by atoms with van der Waals surface area (Å²) in [6.07, 6.45) is 9.45. The minimum Gasteiger partial charge on any atom is -0.331 e. The first-order chi connectivity index (χ1) is 11.8. The molecule has 0 spiro atoms. The van der Waals surface area contributed by atoms with Gasteiger partial charge in [0.25, 0.3) is 0 Å². The van der Waals surface area contributed by atoms with Crippen molar-refractivity contribution in [2.45, 2.75) is 54.4 Å². The van der Waals surface area contributed by atoms with E-state index in [9.17, 15) is 0 Å². The number of aryl methyl sites for hydroxylation is 3. The lowest BCUT2D eigenvalue weighted by molar-refractivity contribution is 0.478. The highest BCUT2D eigenvalue weighted by atomic mass is 15.3. The highest BCUT2D eigenvalue weighted by molar-refractivity contribution is 5.62. The van der Waals surface area contributed by atoms with Gasteiger partial charge >= 0.3 is 0 Å². The first kappa shape index (κ1) is 16.5. The molecule has 0 bridgehead atoms. The summed E-state index contributed by atoms with van der Waals surface area (Å²) in [6.45, 7) is 14.6. The van der Waals surface area contributed by atoms with Crippen LogP contribution in [0.2, 0.25) is 0 Å². The molecule has 1 heterocycles. The molecule has 0 N–H and O–H groups in total. The average Bonchev–Trinajstić information content (AvgIpc) is 2.97. The molecule has 1 fully saturated rings. The second-order valence-corrected chi connectivity index (χ2v) is 8.69. The van der Waals surface area contributed by atoms with E-state index in [2.05, 4.69) is 82.0 Å². The number of fused-ring (bicyclic) bond motifs is 1. The van der Waals surface area contributed by atoms with Crippen LogP contribution in [-0.2, 0) is 0 Å². The van der Waals surface area contributed by atoms with Crippen LogP contribution in [0.4, 0.5) is 5.69 Å². The zero-order valence-corrected chi connectivity index (χ0v) is 16.5. The number of hydrogen-bond acceptors (Lipinski definition) is 2. The molecular formula is C23H30N2. The molecule has 0 amide bonds. The molecule has 0 aromatic heterocycles. The molecule has 1 saturated carbocycles. The molecule has 0 radical (unpaired) electrons. The smallest absolute Gasteiger partial charge is 0.0986 e. The standard InChI is InChI=1S/C23H30N2/c1-15-9-17(3)22(18(4)10-15)25-8-7-24(14-25)21-11-16(2)12-23(6)13-20(23)19(21)5/h7-10,12,20H,11,13-14H2,1-6H3. The van der Waals surface area contributed by atoms with Crippen molar-refractivity contribution in [2.24, 2.45) is 11.3 Å². The third-order valence-electron chi connectivity index (χ3n) is 6.28. The van der Waals surface area contributed by atoms with E-state index >= 15 is 0 Å². The Morgan fingerprint density at radius 3 is 2.28 bits per heavy atom. The van der Waals surface area contributed by atoms with Gasteiger partial charge < -0.3 is 9.80 Å². The SMILES string of the molecule is CC1=CC2(C)CC2C(C)=C(N2C=CN(c3c(C)cc(C)cc3C)C2)C1. The van der Waals surface area contributed by atoms with Crippen molar-refractivity contribution < 1.29 is 0 Å². The Balaban J connectivity index is 1.62. The molecule has 25 heavy (non-hydrogen) atoms. The number of allylic oxidation sites excluding steroid dienone is 3. The highest BCUT2D eigenvalue weighted by Crippen LogP contribution is 2.60. The number of hydrogen-bond donors (Lipinski definition) is 0. The van der Waals surface area contributed by atoms with Crippen LogP contribution in [0.25, 0.3) is 0 Å². The number of rotatable bonds is 2. The third-order valence-corrected chi connectivity index (χ3v) is 6.28. The van der Waals surface area contributed by atoms with Crippen LogP contribution in [0.1, 0.15) is 50.3 Å². The van der Waals surface area contributed by atoms with Gasteiger partial charge in [0, 0.05) is 30.2 Å². The first-order valence-electron chi connectivity index (χ1n) is 9.46. The molecule has 2 aliphatic carbocycles. The molecule has 132 valence electrons. The predicted molar refractivity (Wildman–Crippen MR) is 106 cm³/mol. The Hall–Kier alpha value is -1.96. The van der Waals surface area contributed by atoms with Crippen LogP contribution < -0.4 is 4.90 Å². The van der Waals surface area contributed by atoms with E-state index in [0.29, 0.717) is 5.41 Å². The Bertz CT molecular complexity index is 803. The molecule has 3 aliphatic rings. The summed E-state index contributed by atoms with van der Waals surface area (Å²) in [5.74, 6) is 0.741. The van der Waals surface area contributed by atoms with E-state index in [0.717, 1.165) is 19.0 Å². The van der Waals surface area contributed by atoms with Crippen LogP contribution in [0.15, 0.2) is 47.5 Å². The molecule has 4 rings (SSSR count). The van der Waals surface area contributed by atoms with Gasteiger partial charge in [0.05, 0.1) is 6.67 Å². The van der Waals surface area contributed by atoms with Crippen LogP contribution in [0.3, 0.4) is 0 Å². The Morgan fingerprint density at radius 1 is 0.960 bits per heavy atom. The van der Waals surface area contributed by atoms with Gasteiger partial charge in [0.2, 0.25) is 0 Å².